The molecule has 2 aromatic rings. The van der Waals surface area contributed by atoms with Gasteiger partial charge in [0.05, 0.1) is 6.20 Å². The van der Waals surface area contributed by atoms with Crippen LogP contribution in [-0.2, 0) is 0 Å². The zero-order valence-electron chi connectivity index (χ0n) is 11.1. The van der Waals surface area contributed by atoms with Crippen LogP contribution in [0.25, 0.3) is 0 Å². The molecule has 0 N–H and O–H groups in total. The number of rotatable bonds is 3. The van der Waals surface area contributed by atoms with Crippen molar-refractivity contribution in [2.45, 2.75) is 19.8 Å². The molecule has 104 valence electrons. The molecule has 0 saturated carbocycles. The monoisotopic (exact) mass is 291 g/mol. The lowest BCUT2D eigenvalue weighted by atomic mass is 10.4. The lowest BCUT2D eigenvalue weighted by Gasteiger charge is -2.15. The Bertz CT molecular complexity index is 598. The van der Waals surface area contributed by atoms with Gasteiger partial charge in [-0.15, -0.1) is 0 Å². The predicted octanol–water partition coefficient (Wildman–Crippen LogP) is 2.62. The molecule has 1 aliphatic heterocycles. The first-order valence-corrected chi connectivity index (χ1v) is 6.85. The third-order valence-electron chi connectivity index (χ3n) is 3.06. The van der Waals surface area contributed by atoms with Gasteiger partial charge in [-0.25, -0.2) is 0 Å². The highest BCUT2D eigenvalue weighted by molar-refractivity contribution is 6.28. The van der Waals surface area contributed by atoms with Crippen LogP contribution in [0.3, 0.4) is 0 Å². The zero-order chi connectivity index (χ0) is 13.9. The second kappa shape index (κ2) is 5.58. The van der Waals surface area contributed by atoms with E-state index in [1.54, 1.807) is 6.20 Å². The highest BCUT2D eigenvalue weighted by atomic mass is 35.5. The van der Waals surface area contributed by atoms with Crippen LogP contribution >= 0.6 is 11.6 Å². The van der Waals surface area contributed by atoms with E-state index in [2.05, 4.69) is 24.8 Å². The summed E-state index contributed by atoms with van der Waals surface area (Å²) in [7, 11) is 0. The maximum absolute atomic E-state index is 5.94. The van der Waals surface area contributed by atoms with Crippen LogP contribution in [0.1, 0.15) is 18.5 Å². The van der Waals surface area contributed by atoms with Gasteiger partial charge in [-0.05, 0) is 43.5 Å². The van der Waals surface area contributed by atoms with Crippen LogP contribution in [0, 0.1) is 6.92 Å². The summed E-state index contributed by atoms with van der Waals surface area (Å²) in [6.45, 7) is 3.78. The third kappa shape index (κ3) is 2.96. The maximum Gasteiger partial charge on any atom is 0.328 e. The molecule has 20 heavy (non-hydrogen) atoms. The van der Waals surface area contributed by atoms with Gasteiger partial charge in [-0.2, -0.15) is 15.0 Å². The van der Waals surface area contributed by atoms with Crippen molar-refractivity contribution in [1.82, 2.24) is 19.9 Å². The molecule has 0 radical (unpaired) electrons. The molecule has 1 aliphatic rings. The van der Waals surface area contributed by atoms with Gasteiger partial charge in [0.15, 0.2) is 0 Å². The van der Waals surface area contributed by atoms with Gasteiger partial charge >= 0.3 is 6.01 Å². The van der Waals surface area contributed by atoms with Crippen molar-refractivity contribution >= 4 is 17.5 Å². The summed E-state index contributed by atoms with van der Waals surface area (Å²) >= 11 is 5.94. The van der Waals surface area contributed by atoms with E-state index in [4.69, 9.17) is 16.3 Å². The first-order valence-electron chi connectivity index (χ1n) is 6.48. The Hall–Kier alpha value is -1.95. The Kier molecular flexibility index (Phi) is 3.64. The van der Waals surface area contributed by atoms with Crippen molar-refractivity contribution in [3.05, 3.63) is 29.3 Å². The van der Waals surface area contributed by atoms with Crippen molar-refractivity contribution in [3.63, 3.8) is 0 Å². The number of anilines is 1. The van der Waals surface area contributed by atoms with Crippen LogP contribution in [-0.4, -0.2) is 33.0 Å². The normalized spacial score (nSPS) is 14.6. The van der Waals surface area contributed by atoms with Gasteiger partial charge in [0, 0.05) is 18.8 Å². The summed E-state index contributed by atoms with van der Waals surface area (Å²) in [5.41, 5.74) is 0.920. The van der Waals surface area contributed by atoms with Crippen molar-refractivity contribution in [1.29, 1.82) is 0 Å². The standard InChI is InChI=1S/C13H14ClN5O/c1-9-4-5-10(8-15-9)20-13-17-11(14)16-12(18-13)19-6-2-3-7-19/h4-5,8H,2-3,6-7H2,1H3. The Morgan fingerprint density at radius 1 is 1.15 bits per heavy atom. The molecule has 0 atom stereocenters. The number of hydrogen-bond acceptors (Lipinski definition) is 6. The molecular weight excluding hydrogens is 278 g/mol. The van der Waals surface area contributed by atoms with Crippen LogP contribution in [0.4, 0.5) is 5.95 Å². The van der Waals surface area contributed by atoms with Gasteiger partial charge in [0.2, 0.25) is 11.2 Å². The zero-order valence-corrected chi connectivity index (χ0v) is 11.8. The molecule has 0 bridgehead atoms. The Morgan fingerprint density at radius 2 is 1.95 bits per heavy atom. The lowest BCUT2D eigenvalue weighted by molar-refractivity contribution is 0.437. The number of halogens is 1. The fraction of sp³-hybridized carbons (Fsp3) is 0.385. The predicted molar refractivity (Wildman–Crippen MR) is 75.3 cm³/mol. The van der Waals surface area contributed by atoms with Crippen molar-refractivity contribution < 1.29 is 4.74 Å². The Morgan fingerprint density at radius 3 is 2.65 bits per heavy atom. The molecule has 3 heterocycles. The Balaban J connectivity index is 1.83. The summed E-state index contributed by atoms with van der Waals surface area (Å²) in [6, 6.07) is 3.87. The summed E-state index contributed by atoms with van der Waals surface area (Å²) in [5.74, 6) is 1.14. The maximum atomic E-state index is 5.94. The number of pyridine rings is 1. The number of aryl methyl sites for hydroxylation is 1. The van der Waals surface area contributed by atoms with Crippen LogP contribution in [0.15, 0.2) is 18.3 Å². The minimum atomic E-state index is 0.136. The molecule has 2 aromatic heterocycles. The van der Waals surface area contributed by atoms with E-state index < -0.39 is 0 Å². The molecule has 1 fully saturated rings. The van der Waals surface area contributed by atoms with Crippen LogP contribution in [0.2, 0.25) is 5.28 Å². The van der Waals surface area contributed by atoms with E-state index in [9.17, 15) is 0 Å². The van der Waals surface area contributed by atoms with Crippen LogP contribution in [0.5, 0.6) is 11.8 Å². The average Bonchev–Trinajstić information content (AvgIpc) is 2.95. The van der Waals surface area contributed by atoms with E-state index in [-0.39, 0.29) is 11.3 Å². The summed E-state index contributed by atoms with van der Waals surface area (Å²) in [4.78, 5) is 18.7. The summed E-state index contributed by atoms with van der Waals surface area (Å²) < 4.78 is 5.58. The second-order valence-corrected chi connectivity index (χ2v) is 4.96. The number of nitrogens with zero attached hydrogens (tertiary/aromatic N) is 5. The Labute approximate surface area is 121 Å². The van der Waals surface area contributed by atoms with Gasteiger partial charge in [-0.3, -0.25) is 4.98 Å². The van der Waals surface area contributed by atoms with Crippen molar-refractivity contribution in [2.75, 3.05) is 18.0 Å². The molecule has 0 amide bonds. The fourth-order valence-corrected chi connectivity index (χ4v) is 2.19. The van der Waals surface area contributed by atoms with E-state index in [1.165, 1.54) is 0 Å². The minimum Gasteiger partial charge on any atom is -0.422 e. The highest BCUT2D eigenvalue weighted by Crippen LogP contribution is 2.22. The molecule has 0 aliphatic carbocycles. The van der Waals surface area contributed by atoms with Gasteiger partial charge < -0.3 is 9.64 Å². The third-order valence-corrected chi connectivity index (χ3v) is 3.23. The highest BCUT2D eigenvalue weighted by Gasteiger charge is 2.17. The van der Waals surface area contributed by atoms with E-state index in [0.29, 0.717) is 11.7 Å². The molecule has 3 rings (SSSR count). The summed E-state index contributed by atoms with van der Waals surface area (Å²) in [5, 5.41) is 0.136. The lowest BCUT2D eigenvalue weighted by Crippen LogP contribution is -2.21. The molecule has 6 nitrogen and oxygen atoms in total. The number of aromatic nitrogens is 4. The fourth-order valence-electron chi connectivity index (χ4n) is 2.05. The SMILES string of the molecule is Cc1ccc(Oc2nc(Cl)nc(N3CCCC3)n2)cn1. The molecular formula is C13H14ClN5O. The molecule has 0 aromatic carbocycles. The first kappa shape index (κ1) is 13.1. The number of ether oxygens (including phenoxy) is 1. The molecule has 1 saturated heterocycles. The smallest absolute Gasteiger partial charge is 0.328 e. The first-order chi connectivity index (χ1) is 9.70. The summed E-state index contributed by atoms with van der Waals surface area (Å²) in [6.07, 6.45) is 3.91. The minimum absolute atomic E-state index is 0.136. The second-order valence-electron chi connectivity index (χ2n) is 4.62. The average molecular weight is 292 g/mol. The van der Waals surface area contributed by atoms with E-state index in [1.807, 2.05) is 19.1 Å². The molecule has 0 spiro atoms. The van der Waals surface area contributed by atoms with Crippen LogP contribution < -0.4 is 9.64 Å². The van der Waals surface area contributed by atoms with E-state index in [0.717, 1.165) is 31.6 Å². The van der Waals surface area contributed by atoms with Crippen molar-refractivity contribution in [2.24, 2.45) is 0 Å². The molecule has 0 unspecified atom stereocenters. The molecule has 7 heteroatoms. The van der Waals surface area contributed by atoms with Gasteiger partial charge in [0.1, 0.15) is 5.75 Å². The topological polar surface area (TPSA) is 64.0 Å². The van der Waals surface area contributed by atoms with E-state index >= 15 is 0 Å². The van der Waals surface area contributed by atoms with Crippen molar-refractivity contribution in [3.8, 4) is 11.8 Å². The largest absolute Gasteiger partial charge is 0.422 e. The number of hydrogen-bond donors (Lipinski definition) is 0. The van der Waals surface area contributed by atoms with Gasteiger partial charge in [0.25, 0.3) is 0 Å². The quantitative estimate of drug-likeness (QED) is 0.866. The van der Waals surface area contributed by atoms with Gasteiger partial charge in [-0.1, -0.05) is 0 Å².